The van der Waals surface area contributed by atoms with E-state index < -0.39 is 20.6 Å². The van der Waals surface area contributed by atoms with Crippen molar-refractivity contribution in [2.24, 2.45) is 5.73 Å². The molecule has 0 saturated heterocycles. The number of hydrogen-bond acceptors (Lipinski definition) is 4. The summed E-state index contributed by atoms with van der Waals surface area (Å²) in [6, 6.07) is 6.52. The maximum absolute atomic E-state index is 12.0. The van der Waals surface area contributed by atoms with Crippen molar-refractivity contribution in [1.82, 2.24) is 0 Å². The molecule has 0 aliphatic rings. The predicted octanol–water partition coefficient (Wildman–Crippen LogP) is 1.08. The highest BCUT2D eigenvalue weighted by atomic mass is 32.2. The van der Waals surface area contributed by atoms with Gasteiger partial charge in [0.25, 0.3) is 0 Å². The second kappa shape index (κ2) is 7.01. The lowest BCUT2D eigenvalue weighted by Gasteiger charge is -2.05. The average Bonchev–Trinajstić information content (AvgIpc) is 2.37. The zero-order valence-electron chi connectivity index (χ0n) is 10.5. The van der Waals surface area contributed by atoms with Crippen LogP contribution < -0.4 is 5.73 Å². The fourth-order valence-corrected chi connectivity index (χ4v) is 4.55. The fraction of sp³-hybridized carbons (Fsp3) is 0.500. The molecule has 4 nitrogen and oxygen atoms in total. The van der Waals surface area contributed by atoms with Gasteiger partial charge >= 0.3 is 0 Å². The molecule has 102 valence electrons. The molecule has 0 radical (unpaired) electrons. The fourth-order valence-electron chi connectivity index (χ4n) is 1.48. The Morgan fingerprint density at radius 3 is 2.28 bits per heavy atom. The summed E-state index contributed by atoms with van der Waals surface area (Å²) >= 11 is 0. The van der Waals surface area contributed by atoms with E-state index in [1.165, 1.54) is 0 Å². The molecular formula is C12H19NO3S2. The second-order valence-corrected chi connectivity index (χ2v) is 7.82. The smallest absolute Gasteiger partial charge is 0.179 e. The molecule has 2 N–H and O–H groups in total. The third-order valence-corrected chi connectivity index (χ3v) is 6.04. The molecule has 0 aromatic heterocycles. The van der Waals surface area contributed by atoms with E-state index in [9.17, 15) is 12.6 Å². The van der Waals surface area contributed by atoms with Crippen LogP contribution in [0.1, 0.15) is 18.9 Å². The van der Waals surface area contributed by atoms with Gasteiger partial charge in [-0.2, -0.15) is 0 Å². The minimum absolute atomic E-state index is 0.0679. The Bertz CT molecular complexity index is 495. The molecule has 0 fully saturated rings. The molecule has 1 aromatic rings. The first kappa shape index (κ1) is 15.3. The lowest BCUT2D eigenvalue weighted by Crippen LogP contribution is -2.15. The number of benzene rings is 1. The van der Waals surface area contributed by atoms with Crippen LogP contribution in [0.2, 0.25) is 0 Å². The summed E-state index contributed by atoms with van der Waals surface area (Å²) in [5, 5.41) is 0. The van der Waals surface area contributed by atoms with Crippen molar-refractivity contribution in [3.63, 3.8) is 0 Å². The van der Waals surface area contributed by atoms with Crippen LogP contribution in [0.3, 0.4) is 0 Å². The number of rotatable bonds is 7. The molecular weight excluding hydrogens is 270 g/mol. The third-order valence-electron chi connectivity index (χ3n) is 2.53. The van der Waals surface area contributed by atoms with E-state index >= 15 is 0 Å². The first-order valence-corrected chi connectivity index (χ1v) is 9.00. The molecule has 1 unspecified atom stereocenters. The van der Waals surface area contributed by atoms with E-state index in [-0.39, 0.29) is 16.4 Å². The molecule has 0 spiro atoms. The summed E-state index contributed by atoms with van der Waals surface area (Å²) in [6.07, 6.45) is 0.803. The van der Waals surface area contributed by atoms with Crippen molar-refractivity contribution in [2.75, 3.05) is 17.3 Å². The van der Waals surface area contributed by atoms with Crippen LogP contribution in [0.5, 0.6) is 0 Å². The van der Waals surface area contributed by atoms with Gasteiger partial charge in [0.05, 0.1) is 10.6 Å². The Kier molecular flexibility index (Phi) is 5.98. The van der Waals surface area contributed by atoms with E-state index in [0.29, 0.717) is 12.3 Å². The number of hydrogen-bond donors (Lipinski definition) is 1. The highest BCUT2D eigenvalue weighted by Gasteiger charge is 2.15. The Morgan fingerprint density at radius 2 is 1.78 bits per heavy atom. The van der Waals surface area contributed by atoms with Crippen LogP contribution in [-0.4, -0.2) is 29.9 Å². The van der Waals surface area contributed by atoms with Crippen molar-refractivity contribution < 1.29 is 12.6 Å². The molecule has 1 aromatic carbocycles. The van der Waals surface area contributed by atoms with Gasteiger partial charge in [0, 0.05) is 28.9 Å². The molecule has 1 rings (SSSR count). The zero-order valence-corrected chi connectivity index (χ0v) is 12.1. The Labute approximate surface area is 111 Å². The van der Waals surface area contributed by atoms with Crippen LogP contribution in [-0.2, 0) is 27.2 Å². The van der Waals surface area contributed by atoms with Gasteiger partial charge in [-0.3, -0.25) is 4.21 Å². The normalized spacial score (nSPS) is 13.4. The number of nitrogens with two attached hydrogens (primary N) is 1. The van der Waals surface area contributed by atoms with Gasteiger partial charge in [0.2, 0.25) is 0 Å². The quantitative estimate of drug-likeness (QED) is 0.815. The summed E-state index contributed by atoms with van der Waals surface area (Å²) in [7, 11) is -4.38. The molecule has 18 heavy (non-hydrogen) atoms. The van der Waals surface area contributed by atoms with Gasteiger partial charge in [0.1, 0.15) is 0 Å². The molecule has 0 heterocycles. The van der Waals surface area contributed by atoms with Gasteiger partial charge in [-0.25, -0.2) is 8.42 Å². The van der Waals surface area contributed by atoms with Gasteiger partial charge < -0.3 is 5.73 Å². The minimum atomic E-state index is -3.33. The molecule has 0 saturated carbocycles. The molecule has 0 bridgehead atoms. The Balaban J connectivity index is 2.70. The van der Waals surface area contributed by atoms with Crippen molar-refractivity contribution in [3.8, 4) is 0 Å². The Morgan fingerprint density at radius 1 is 1.17 bits per heavy atom. The maximum Gasteiger partial charge on any atom is 0.179 e. The molecule has 1 atom stereocenters. The van der Waals surface area contributed by atoms with Crippen molar-refractivity contribution in [1.29, 1.82) is 0 Å². The first-order chi connectivity index (χ1) is 8.49. The van der Waals surface area contributed by atoms with Crippen LogP contribution in [0, 0.1) is 0 Å². The monoisotopic (exact) mass is 289 g/mol. The third kappa shape index (κ3) is 4.51. The highest BCUT2D eigenvalue weighted by molar-refractivity contribution is 7.93. The largest absolute Gasteiger partial charge is 0.326 e. The number of sulfone groups is 1. The average molecular weight is 289 g/mol. The van der Waals surface area contributed by atoms with Crippen molar-refractivity contribution >= 4 is 20.6 Å². The molecule has 6 heteroatoms. The molecule has 0 amide bonds. The van der Waals surface area contributed by atoms with Crippen molar-refractivity contribution in [3.05, 3.63) is 29.8 Å². The molecule has 0 aliphatic heterocycles. The van der Waals surface area contributed by atoms with Crippen LogP contribution in [0.25, 0.3) is 0 Å². The minimum Gasteiger partial charge on any atom is -0.326 e. The van der Waals surface area contributed by atoms with E-state index in [1.54, 1.807) is 24.3 Å². The summed E-state index contributed by atoms with van der Waals surface area (Å²) in [4.78, 5) is 0.271. The van der Waals surface area contributed by atoms with E-state index in [4.69, 9.17) is 5.73 Å². The lowest BCUT2D eigenvalue weighted by atomic mass is 10.2. The zero-order chi connectivity index (χ0) is 13.6. The first-order valence-electron chi connectivity index (χ1n) is 5.86. The van der Waals surface area contributed by atoms with Gasteiger partial charge in [-0.05, 0) is 24.1 Å². The van der Waals surface area contributed by atoms with Gasteiger partial charge in [-0.1, -0.05) is 19.1 Å². The summed E-state index contributed by atoms with van der Waals surface area (Å²) < 4.78 is 35.4. The van der Waals surface area contributed by atoms with Crippen LogP contribution >= 0.6 is 0 Å². The highest BCUT2D eigenvalue weighted by Crippen LogP contribution is 2.12. The standard InChI is InChI=1S/C12H19NO3S2/c1-2-7-17(14)8-9-18(15,16)12-5-3-11(10-13)4-6-12/h3-6H,2,7-10,13H2,1H3. The summed E-state index contributed by atoms with van der Waals surface area (Å²) in [6.45, 7) is 2.32. The SMILES string of the molecule is CCCS(=O)CCS(=O)(=O)c1ccc(CN)cc1. The van der Waals surface area contributed by atoms with E-state index in [0.717, 1.165) is 12.0 Å². The second-order valence-electron chi connectivity index (χ2n) is 4.02. The summed E-state index contributed by atoms with van der Waals surface area (Å²) in [5.74, 6) is 0.692. The summed E-state index contributed by atoms with van der Waals surface area (Å²) in [5.41, 5.74) is 6.34. The van der Waals surface area contributed by atoms with Gasteiger partial charge in [-0.15, -0.1) is 0 Å². The van der Waals surface area contributed by atoms with E-state index in [2.05, 4.69) is 0 Å². The molecule has 0 aliphatic carbocycles. The predicted molar refractivity (Wildman–Crippen MR) is 74.6 cm³/mol. The maximum atomic E-state index is 12.0. The van der Waals surface area contributed by atoms with Crippen molar-refractivity contribution in [2.45, 2.75) is 24.8 Å². The lowest BCUT2D eigenvalue weighted by molar-refractivity contribution is 0.597. The van der Waals surface area contributed by atoms with Crippen LogP contribution in [0.4, 0.5) is 0 Å². The Hall–Kier alpha value is -0.720. The van der Waals surface area contributed by atoms with Crippen LogP contribution in [0.15, 0.2) is 29.2 Å². The topological polar surface area (TPSA) is 77.2 Å². The van der Waals surface area contributed by atoms with Gasteiger partial charge in [0.15, 0.2) is 9.84 Å². The van der Waals surface area contributed by atoms with E-state index in [1.807, 2.05) is 6.92 Å².